The number of hydrogen-bond acceptors (Lipinski definition) is 19. The normalized spacial score (nSPS) is 22.3. The molecule has 35 heteroatoms. The number of nitrogens with one attached hydrogen (secondary N) is 10. The van der Waals surface area contributed by atoms with Crippen LogP contribution in [0.4, 0.5) is 5.69 Å². The highest BCUT2D eigenvalue weighted by atomic mass is 32.2. The molecule has 34 nitrogen and oxygen atoms in total. The molecule has 2 aliphatic heterocycles. The van der Waals surface area contributed by atoms with E-state index in [1.54, 1.807) is 149 Å². The van der Waals surface area contributed by atoms with E-state index in [1.807, 2.05) is 6.92 Å². The van der Waals surface area contributed by atoms with E-state index >= 15 is 43.2 Å². The van der Waals surface area contributed by atoms with Crippen molar-refractivity contribution >= 4 is 117 Å². The summed E-state index contributed by atoms with van der Waals surface area (Å²) in [6, 6.07) is 27.2. The van der Waals surface area contributed by atoms with Crippen molar-refractivity contribution < 1.29 is 82.1 Å². The number of H-pyrrole nitrogens is 1. The smallest absolute Gasteiger partial charge is 0.250 e. The molecule has 0 radical (unpaired) electrons. The van der Waals surface area contributed by atoms with Crippen LogP contribution in [0.3, 0.4) is 0 Å². The van der Waals surface area contributed by atoms with Gasteiger partial charge in [-0.1, -0.05) is 175 Å². The lowest BCUT2D eigenvalue weighted by molar-refractivity contribution is -0.151. The molecule has 0 aliphatic carbocycles. The van der Waals surface area contributed by atoms with Crippen LogP contribution in [0, 0.1) is 11.8 Å². The quantitative estimate of drug-likeness (QED) is 0.0490. The molecule has 15 amide bonds. The van der Waals surface area contributed by atoms with E-state index in [0.717, 1.165) is 26.5 Å². The van der Waals surface area contributed by atoms with E-state index in [0.29, 0.717) is 57.1 Å². The summed E-state index contributed by atoms with van der Waals surface area (Å²) in [5, 5.41) is 46.6. The van der Waals surface area contributed by atoms with Gasteiger partial charge in [-0.05, 0) is 95.3 Å². The summed E-state index contributed by atoms with van der Waals surface area (Å²) in [4.78, 5) is 232. The molecule has 1 fully saturated rings. The van der Waals surface area contributed by atoms with Gasteiger partial charge in [0.25, 0.3) is 0 Å². The number of fused-ring (bicyclic) bond motifs is 5. The highest BCUT2D eigenvalue weighted by molar-refractivity contribution is 8.00. The fraction of sp³-hybridized carbons (Fsp3) is 0.424. The molecule has 3 heterocycles. The highest BCUT2D eigenvalue weighted by Gasteiger charge is 2.43. The number of benzene rings is 6. The first-order chi connectivity index (χ1) is 60.6. The Labute approximate surface area is 742 Å². The van der Waals surface area contributed by atoms with Crippen molar-refractivity contribution in [1.82, 2.24) is 72.4 Å². The molecule has 16 N–H and O–H groups in total. The molecule has 0 saturated carbocycles. The number of anilines is 1. The van der Waals surface area contributed by atoms with Crippen molar-refractivity contribution in [2.24, 2.45) is 23.3 Å². The van der Waals surface area contributed by atoms with Gasteiger partial charge in [0, 0.05) is 95.6 Å². The first-order valence-electron chi connectivity index (χ1n) is 42.5. The Morgan fingerprint density at radius 3 is 1.65 bits per heavy atom. The molecule has 1 aromatic heterocycles. The van der Waals surface area contributed by atoms with E-state index in [9.17, 15) is 39.0 Å². The summed E-state index contributed by atoms with van der Waals surface area (Å²) >= 11 is 0.846. The molecule has 1 saturated heterocycles. The maximum atomic E-state index is 15.5. The number of carbonyl (C=O) groups excluding carboxylic acids is 15. The molecule has 9 rings (SSSR count). The summed E-state index contributed by atoms with van der Waals surface area (Å²) in [6.45, 7) is 6.38. The summed E-state index contributed by atoms with van der Waals surface area (Å²) in [5.41, 5.74) is 15.4. The van der Waals surface area contributed by atoms with E-state index < -0.39 is 186 Å². The van der Waals surface area contributed by atoms with Gasteiger partial charge < -0.3 is 99.0 Å². The number of phenolic OH excluding ortho intramolecular Hbond substituents is 2. The zero-order chi connectivity index (χ0) is 92.3. The maximum absolute atomic E-state index is 15.5. The van der Waals surface area contributed by atoms with Crippen LogP contribution < -0.4 is 64.2 Å². The Balaban J connectivity index is 1.11. The number of hydrogen-bond donors (Lipinski definition) is 14. The maximum Gasteiger partial charge on any atom is 0.250 e. The Hall–Kier alpha value is -13.2. The van der Waals surface area contributed by atoms with Gasteiger partial charge in [0.2, 0.25) is 88.6 Å². The molecule has 0 unspecified atom stereocenters. The van der Waals surface area contributed by atoms with Gasteiger partial charge in [0.15, 0.2) is 0 Å². The molecule has 2 aliphatic rings. The second kappa shape index (κ2) is 46.7. The minimum absolute atomic E-state index is 0.0667. The fourth-order valence-corrected chi connectivity index (χ4v) is 16.2. The lowest BCUT2D eigenvalue weighted by Crippen LogP contribution is -2.62. The number of likely N-dealkylation sites (N-methyl/N-ethyl adjacent to an activating group) is 4. The number of aromatic hydroxyl groups is 2. The lowest BCUT2D eigenvalue weighted by atomic mass is 9.95. The van der Waals surface area contributed by atoms with Crippen molar-refractivity contribution in [1.29, 1.82) is 0 Å². The van der Waals surface area contributed by atoms with E-state index in [4.69, 9.17) is 11.5 Å². The number of para-hydroxylation sites is 1. The minimum Gasteiger partial charge on any atom is -0.508 e. The van der Waals surface area contributed by atoms with Crippen LogP contribution in [0.1, 0.15) is 100 Å². The summed E-state index contributed by atoms with van der Waals surface area (Å²) in [5.74, 6) is -14.9. The third-order valence-corrected chi connectivity index (χ3v) is 23.4. The highest BCUT2D eigenvalue weighted by Crippen LogP contribution is 2.33. The van der Waals surface area contributed by atoms with Crippen molar-refractivity contribution in [3.63, 3.8) is 0 Å². The van der Waals surface area contributed by atoms with Gasteiger partial charge >= 0.3 is 0 Å². The third-order valence-electron chi connectivity index (χ3n) is 22.4. The predicted molar refractivity (Wildman–Crippen MR) is 478 cm³/mol. The number of aromatic nitrogens is 1. The van der Waals surface area contributed by atoms with Crippen molar-refractivity contribution in [2.45, 2.75) is 172 Å². The number of thioether (sulfide) groups is 1. The summed E-state index contributed by atoms with van der Waals surface area (Å²) in [7, 11) is 5.53. The number of amides is 15. The SMILES string of the molecule is CCCC[C@H]1C(=O)N(C)CC(=O)N[C@@H](CCN)C(=O)N[C@@H](C(C)C)C(=O)N(C)[C@@H](Cc2ccccc2)C(=O)N[C@H]2Cc3ccc(O)cc3N(CC(=O)N[C@@H](Cc3c[nH]c4ccccc34)C(=O)N[C@@H](Cc3ccc(O)cc3)C(=O)N[C@@H](CC(C)C)C(=O)N[C@H](C(=O)NCC(N)=O)CSCC(=O)N[C@@H](Cc3ccccc3)C(=O)N(C)[C@@H](Cc3ccccc3)C(=O)N1C)C2=O. The number of phenols is 2. The fourth-order valence-electron chi connectivity index (χ4n) is 15.4. The Kier molecular flexibility index (Phi) is 35.9. The largest absolute Gasteiger partial charge is 0.508 e. The minimum atomic E-state index is -1.60. The van der Waals surface area contributed by atoms with Crippen LogP contribution in [0.15, 0.2) is 164 Å². The van der Waals surface area contributed by atoms with Crippen molar-refractivity contribution in [2.75, 3.05) is 70.8 Å². The van der Waals surface area contributed by atoms with Crippen LogP contribution in [-0.2, 0) is 110 Å². The van der Waals surface area contributed by atoms with Crippen LogP contribution in [0.25, 0.3) is 10.9 Å². The lowest BCUT2D eigenvalue weighted by Gasteiger charge is -2.37. The Morgan fingerprint density at radius 1 is 0.504 bits per heavy atom. The molecule has 678 valence electrons. The van der Waals surface area contributed by atoms with Crippen LogP contribution in [-0.4, -0.2) is 256 Å². The van der Waals surface area contributed by atoms with E-state index in [-0.39, 0.29) is 93.2 Å². The molecule has 7 aromatic rings. The second-order valence-corrected chi connectivity index (χ2v) is 33.9. The molecule has 6 aromatic carbocycles. The average Bonchev–Trinajstić information content (AvgIpc) is 1.26. The molecule has 2 bridgehead atoms. The molecular weight excluding hydrogens is 1650 g/mol. The second-order valence-electron chi connectivity index (χ2n) is 32.9. The molecule has 0 spiro atoms. The standard InChI is InChI=1S/C92H117N17O17S/c1-10-11-31-73-90(124)105(6)50-78(113)97-66(38-39-93)83(117)104-81(55(4)5)92(126)107(8)75(43-57-25-17-13-18-26-57)87(121)102-71-45-60-34-37-63(111)47-74(60)109(89(71)123)51-79(114)98-69(46-61-48-95-65-30-22-21-29-64(61)65)86(120)101-68(41-59-32-35-62(110)36-33-59)85(119)100-67(40-54(2)3)84(118)103-72(82(116)96-49-77(94)112)52-127-53-80(115)99-70(42-56-23-15-12-16-24-56)88(122)108(9)76(91(125)106(73)7)44-58-27-19-14-20-28-58/h12-30,32-37,47-48,54-55,66-73,75-76,81,95,110-111H,10-11,31,38-46,49-53,93H2,1-9H3,(H2,94,112)(H,96,116)(H,97,113)(H,98,114)(H,99,115)(H,100,119)(H,101,120)(H,102,121)(H,103,118)(H,104,117)/t66-,67-,68-,69-,70-,71-,72-,73-,75-,76-,81-/m0/s1. The van der Waals surface area contributed by atoms with Gasteiger partial charge in [-0.15, -0.1) is 11.8 Å². The third kappa shape index (κ3) is 27.7. The molecule has 127 heavy (non-hydrogen) atoms. The zero-order valence-corrected chi connectivity index (χ0v) is 73.7. The van der Waals surface area contributed by atoms with E-state index in [2.05, 4.69) is 52.8 Å². The summed E-state index contributed by atoms with van der Waals surface area (Å²) < 4.78 is 0. The molecular formula is C92H117N17O17S. The van der Waals surface area contributed by atoms with Gasteiger partial charge in [0.05, 0.1) is 24.5 Å². The van der Waals surface area contributed by atoms with E-state index in [1.165, 1.54) is 80.5 Å². The van der Waals surface area contributed by atoms with Crippen LogP contribution in [0.2, 0.25) is 0 Å². The molecule has 11 atom stereocenters. The van der Waals surface area contributed by atoms with Gasteiger partial charge in [-0.3, -0.25) is 71.9 Å². The average molecular weight is 1770 g/mol. The van der Waals surface area contributed by atoms with Crippen molar-refractivity contribution in [3.8, 4) is 11.5 Å². The van der Waals surface area contributed by atoms with Gasteiger partial charge in [-0.25, -0.2) is 0 Å². The van der Waals surface area contributed by atoms with Crippen LogP contribution >= 0.6 is 11.8 Å². The number of carbonyl (C=O) groups is 15. The number of unbranched alkanes of at least 4 members (excludes halogenated alkanes) is 1. The topological polar surface area (TPSA) is 489 Å². The number of nitrogens with zero attached hydrogens (tertiary/aromatic N) is 5. The number of aromatic amines is 1. The van der Waals surface area contributed by atoms with Crippen molar-refractivity contribution in [3.05, 3.63) is 197 Å². The first-order valence-corrected chi connectivity index (χ1v) is 43.6. The Bertz CT molecular complexity index is 5040. The van der Waals surface area contributed by atoms with Gasteiger partial charge in [-0.2, -0.15) is 0 Å². The number of primary amides is 1. The predicted octanol–water partition coefficient (Wildman–Crippen LogP) is 2.09. The first kappa shape index (κ1) is 97.6. The number of rotatable bonds is 21. The van der Waals surface area contributed by atoms with Gasteiger partial charge in [0.1, 0.15) is 84.5 Å². The van der Waals surface area contributed by atoms with Crippen LogP contribution in [0.5, 0.6) is 11.5 Å². The number of nitrogens with two attached hydrogens (primary N) is 2. The monoisotopic (exact) mass is 1760 g/mol. The summed E-state index contributed by atoms with van der Waals surface area (Å²) in [6.07, 6.45) is 1.40. The Morgan fingerprint density at radius 2 is 1.03 bits per heavy atom. The zero-order valence-electron chi connectivity index (χ0n) is 72.9.